The van der Waals surface area contributed by atoms with Crippen LogP contribution in [0.2, 0.25) is 0 Å². The van der Waals surface area contributed by atoms with Crippen molar-refractivity contribution < 1.29 is 31.2 Å². The number of anilines is 1. The average molecular weight is 616 g/mol. The van der Waals surface area contributed by atoms with Crippen molar-refractivity contribution in [3.8, 4) is 0 Å². The third-order valence-electron chi connectivity index (χ3n) is 7.79. The molecule has 43 heavy (non-hydrogen) atoms. The lowest BCUT2D eigenvalue weighted by atomic mass is 9.95. The first-order chi connectivity index (χ1) is 20.4. The fraction of sp³-hybridized carbons (Fsp3) is 0.375. The highest BCUT2D eigenvalue weighted by Gasteiger charge is 2.35. The molecule has 3 aromatic rings. The number of amides is 2. The van der Waals surface area contributed by atoms with Crippen molar-refractivity contribution >= 4 is 27.5 Å². The number of rotatable bonds is 10. The molecule has 0 heterocycles. The predicted molar refractivity (Wildman–Crippen MR) is 159 cm³/mol. The van der Waals surface area contributed by atoms with E-state index in [0.29, 0.717) is 10.4 Å². The Labute approximate surface area is 250 Å². The van der Waals surface area contributed by atoms with Crippen LogP contribution in [0.25, 0.3) is 0 Å². The van der Waals surface area contributed by atoms with Crippen LogP contribution in [0.1, 0.15) is 55.7 Å². The summed E-state index contributed by atoms with van der Waals surface area (Å²) in [6.45, 7) is 2.63. The summed E-state index contributed by atoms with van der Waals surface area (Å²) in [5.74, 6) is -1.10. The number of carbonyl (C=O) groups is 2. The normalized spacial score (nSPS) is 15.0. The molecular weight excluding hydrogens is 579 g/mol. The molecule has 0 aliphatic heterocycles. The summed E-state index contributed by atoms with van der Waals surface area (Å²) in [5, 5.41) is 3.03. The Morgan fingerprint density at radius 1 is 0.930 bits per heavy atom. The van der Waals surface area contributed by atoms with Gasteiger partial charge in [0.2, 0.25) is 11.8 Å². The molecule has 0 spiro atoms. The Morgan fingerprint density at radius 2 is 1.58 bits per heavy atom. The number of hydrogen-bond donors (Lipinski definition) is 1. The molecule has 230 valence electrons. The van der Waals surface area contributed by atoms with Crippen LogP contribution in [0.4, 0.5) is 18.9 Å². The molecule has 2 amide bonds. The molecule has 1 atom stereocenters. The fourth-order valence-electron chi connectivity index (χ4n) is 5.21. The minimum absolute atomic E-state index is 0.00652. The largest absolute Gasteiger partial charge is 0.416 e. The molecule has 7 nitrogen and oxygen atoms in total. The lowest BCUT2D eigenvalue weighted by molar-refractivity contribution is -0.139. The van der Waals surface area contributed by atoms with Gasteiger partial charge in [0, 0.05) is 12.6 Å². The number of alkyl halides is 3. The zero-order valence-electron chi connectivity index (χ0n) is 24.2. The van der Waals surface area contributed by atoms with Crippen molar-refractivity contribution in [1.82, 2.24) is 10.2 Å². The Hall–Kier alpha value is -3.86. The van der Waals surface area contributed by atoms with Gasteiger partial charge in [-0.1, -0.05) is 67.8 Å². The minimum atomic E-state index is -4.73. The number of sulfonamides is 1. The van der Waals surface area contributed by atoms with E-state index in [4.69, 9.17) is 0 Å². The molecule has 0 aromatic heterocycles. The fourth-order valence-corrected chi connectivity index (χ4v) is 6.64. The van der Waals surface area contributed by atoms with Crippen LogP contribution < -0.4 is 9.62 Å². The quantitative estimate of drug-likeness (QED) is 0.300. The molecule has 4 rings (SSSR count). The molecule has 1 aliphatic rings. The molecule has 3 aromatic carbocycles. The van der Waals surface area contributed by atoms with E-state index in [2.05, 4.69) is 5.32 Å². The monoisotopic (exact) mass is 615 g/mol. The van der Waals surface area contributed by atoms with Gasteiger partial charge in [-0.3, -0.25) is 13.9 Å². The standard InChI is InChI=1S/C32H36F3N3O4S/c1-23-12-9-10-13-25(23)21-37(24(2)31(40)36-27-15-5-3-6-16-27)30(39)22-38(43(41,42)29-18-7-4-8-19-29)28-17-11-14-26(20-28)32(33,34)35/h4,7-14,17-20,24,27H,3,5-6,15-16,21-22H2,1-2H3,(H,36,40)/t24-/m1/s1. The summed E-state index contributed by atoms with van der Waals surface area (Å²) in [4.78, 5) is 28.6. The van der Waals surface area contributed by atoms with E-state index in [1.165, 1.54) is 35.2 Å². The van der Waals surface area contributed by atoms with Gasteiger partial charge in [-0.15, -0.1) is 0 Å². The van der Waals surface area contributed by atoms with E-state index in [9.17, 15) is 31.2 Å². The van der Waals surface area contributed by atoms with Crippen LogP contribution >= 0.6 is 0 Å². The van der Waals surface area contributed by atoms with Gasteiger partial charge in [0.05, 0.1) is 16.1 Å². The number of carbonyl (C=O) groups excluding carboxylic acids is 2. The number of hydrogen-bond acceptors (Lipinski definition) is 4. The second kappa shape index (κ2) is 13.6. The summed E-state index contributed by atoms with van der Waals surface area (Å²) in [7, 11) is -4.48. The van der Waals surface area contributed by atoms with Gasteiger partial charge in [-0.2, -0.15) is 13.2 Å². The van der Waals surface area contributed by atoms with Crippen molar-refractivity contribution in [1.29, 1.82) is 0 Å². The molecule has 0 bridgehead atoms. The minimum Gasteiger partial charge on any atom is -0.352 e. The number of nitrogens with one attached hydrogen (secondary N) is 1. The highest BCUT2D eigenvalue weighted by atomic mass is 32.2. The van der Waals surface area contributed by atoms with Gasteiger partial charge in [0.25, 0.3) is 10.0 Å². The smallest absolute Gasteiger partial charge is 0.352 e. The molecular formula is C32H36F3N3O4S. The number of nitrogens with zero attached hydrogens (tertiary/aromatic N) is 2. The molecule has 11 heteroatoms. The summed E-state index contributed by atoms with van der Waals surface area (Å²) in [5.41, 5.74) is 0.251. The van der Waals surface area contributed by atoms with Crippen LogP contribution in [0, 0.1) is 6.92 Å². The summed E-state index contributed by atoms with van der Waals surface area (Å²) >= 11 is 0. The molecule has 1 saturated carbocycles. The molecule has 1 N–H and O–H groups in total. The number of benzene rings is 3. The Balaban J connectivity index is 1.72. The van der Waals surface area contributed by atoms with Crippen LogP contribution in [0.3, 0.4) is 0 Å². The predicted octanol–water partition coefficient (Wildman–Crippen LogP) is 6.08. The zero-order valence-corrected chi connectivity index (χ0v) is 25.0. The molecule has 0 radical (unpaired) electrons. The second-order valence-corrected chi connectivity index (χ2v) is 12.7. The van der Waals surface area contributed by atoms with Crippen molar-refractivity contribution in [2.24, 2.45) is 0 Å². The van der Waals surface area contributed by atoms with Gasteiger partial charge >= 0.3 is 6.18 Å². The molecule has 0 saturated heterocycles. The van der Waals surface area contributed by atoms with E-state index >= 15 is 0 Å². The molecule has 1 aliphatic carbocycles. The van der Waals surface area contributed by atoms with Crippen molar-refractivity contribution in [3.05, 3.63) is 95.6 Å². The third kappa shape index (κ3) is 7.95. The summed E-state index contributed by atoms with van der Waals surface area (Å²) < 4.78 is 69.2. The first-order valence-corrected chi connectivity index (χ1v) is 15.7. The van der Waals surface area contributed by atoms with E-state index in [1.54, 1.807) is 19.1 Å². The van der Waals surface area contributed by atoms with Crippen LogP contribution in [0.5, 0.6) is 0 Å². The molecule has 0 unspecified atom stereocenters. The SMILES string of the molecule is Cc1ccccc1CN(C(=O)CN(c1cccc(C(F)(F)F)c1)S(=O)(=O)c1ccccc1)[C@H](C)C(=O)NC1CCCCC1. The maximum atomic E-state index is 14.1. The first-order valence-electron chi connectivity index (χ1n) is 14.3. The first kappa shape index (κ1) is 32.1. The zero-order chi connectivity index (χ0) is 31.2. The Bertz CT molecular complexity index is 1520. The third-order valence-corrected chi connectivity index (χ3v) is 9.58. The van der Waals surface area contributed by atoms with Crippen LogP contribution in [-0.4, -0.2) is 43.8 Å². The lowest BCUT2D eigenvalue weighted by Gasteiger charge is -2.33. The van der Waals surface area contributed by atoms with E-state index in [1.807, 2.05) is 25.1 Å². The van der Waals surface area contributed by atoms with Crippen LogP contribution in [0.15, 0.2) is 83.8 Å². The van der Waals surface area contributed by atoms with Crippen LogP contribution in [-0.2, 0) is 32.3 Å². The Kier molecular flexibility index (Phi) is 10.2. The topological polar surface area (TPSA) is 86.8 Å². The van der Waals surface area contributed by atoms with E-state index in [-0.39, 0.29) is 29.1 Å². The lowest BCUT2D eigenvalue weighted by Crippen LogP contribution is -2.53. The van der Waals surface area contributed by atoms with Crippen molar-refractivity contribution in [2.45, 2.75) is 75.7 Å². The van der Waals surface area contributed by atoms with Gasteiger partial charge in [0.15, 0.2) is 0 Å². The van der Waals surface area contributed by atoms with E-state index in [0.717, 1.165) is 55.4 Å². The number of halogens is 3. The Morgan fingerprint density at radius 3 is 2.23 bits per heavy atom. The summed E-state index contributed by atoms with van der Waals surface area (Å²) in [6.07, 6.45) is 0.0283. The van der Waals surface area contributed by atoms with Crippen molar-refractivity contribution in [2.75, 3.05) is 10.8 Å². The van der Waals surface area contributed by atoms with E-state index < -0.39 is 40.3 Å². The number of aryl methyl sites for hydroxylation is 1. The van der Waals surface area contributed by atoms with Gasteiger partial charge in [-0.05, 0) is 68.1 Å². The molecule has 1 fully saturated rings. The van der Waals surface area contributed by atoms with Crippen molar-refractivity contribution in [3.63, 3.8) is 0 Å². The highest BCUT2D eigenvalue weighted by molar-refractivity contribution is 7.92. The second-order valence-electron chi connectivity index (χ2n) is 10.8. The van der Waals surface area contributed by atoms with Gasteiger partial charge in [-0.25, -0.2) is 8.42 Å². The maximum absolute atomic E-state index is 14.1. The highest BCUT2D eigenvalue weighted by Crippen LogP contribution is 2.33. The summed E-state index contributed by atoms with van der Waals surface area (Å²) in [6, 6.07) is 17.4. The maximum Gasteiger partial charge on any atom is 0.416 e. The average Bonchev–Trinajstić information content (AvgIpc) is 2.99. The van der Waals surface area contributed by atoms with Gasteiger partial charge in [0.1, 0.15) is 12.6 Å². The van der Waals surface area contributed by atoms with Gasteiger partial charge < -0.3 is 10.2 Å².